The van der Waals surface area contributed by atoms with Crippen LogP contribution in [0.1, 0.15) is 10.5 Å². The minimum absolute atomic E-state index is 0.0868. The molecule has 6 nitrogen and oxygen atoms in total. The van der Waals surface area contributed by atoms with Crippen LogP contribution in [0.25, 0.3) is 0 Å². The normalized spacial score (nSPS) is 11.2. The lowest BCUT2D eigenvalue weighted by atomic mass is 10.3. The molecule has 1 aromatic carbocycles. The Kier molecular flexibility index (Phi) is 3.30. The second-order valence-corrected chi connectivity index (χ2v) is 5.63. The van der Waals surface area contributed by atoms with E-state index in [1.165, 1.54) is 17.8 Å². The fraction of sp³-hybridized carbons (Fsp3) is 0.0833. The summed E-state index contributed by atoms with van der Waals surface area (Å²) in [6.45, 7) is 0. The molecule has 0 saturated carbocycles. The van der Waals surface area contributed by atoms with Crippen molar-refractivity contribution in [1.29, 1.82) is 0 Å². The number of hydrogen-bond acceptors (Lipinski definition) is 3. The number of aryl methyl sites for hydroxylation is 1. The molecular weight excluding hydrogens is 268 g/mol. The highest BCUT2D eigenvalue weighted by Gasteiger charge is 2.20. The summed E-state index contributed by atoms with van der Waals surface area (Å²) in [5.41, 5.74) is 0.330. The molecule has 100 valence electrons. The predicted octanol–water partition coefficient (Wildman–Crippen LogP) is 1.52. The van der Waals surface area contributed by atoms with Crippen LogP contribution in [0.2, 0.25) is 0 Å². The number of carboxylic acid groups (broad SMARTS) is 1. The number of carboxylic acids is 1. The van der Waals surface area contributed by atoms with E-state index in [1.807, 2.05) is 0 Å². The van der Waals surface area contributed by atoms with Gasteiger partial charge in [0.25, 0.3) is 10.0 Å². The van der Waals surface area contributed by atoms with Crippen molar-refractivity contribution in [2.24, 2.45) is 7.05 Å². The lowest BCUT2D eigenvalue weighted by Crippen LogP contribution is -2.12. The van der Waals surface area contributed by atoms with Crippen LogP contribution in [0.15, 0.2) is 47.5 Å². The van der Waals surface area contributed by atoms with E-state index in [9.17, 15) is 13.2 Å². The molecule has 7 heteroatoms. The highest BCUT2D eigenvalue weighted by Crippen LogP contribution is 2.17. The number of hydrogen-bond donors (Lipinski definition) is 2. The van der Waals surface area contributed by atoms with Crippen molar-refractivity contribution >= 4 is 21.7 Å². The fourth-order valence-corrected chi connectivity index (χ4v) is 2.74. The number of aromatic nitrogens is 1. The SMILES string of the molecule is Cn1cc(S(=O)(=O)Nc2ccccc2)cc1C(=O)O. The number of nitrogens with zero attached hydrogens (tertiary/aromatic N) is 1. The summed E-state index contributed by atoms with van der Waals surface area (Å²) in [6.07, 6.45) is 1.26. The van der Waals surface area contributed by atoms with Gasteiger partial charge in [-0.1, -0.05) is 18.2 Å². The largest absolute Gasteiger partial charge is 0.477 e. The van der Waals surface area contributed by atoms with Gasteiger partial charge in [0, 0.05) is 18.9 Å². The number of rotatable bonds is 4. The smallest absolute Gasteiger partial charge is 0.352 e. The molecule has 2 N–H and O–H groups in total. The van der Waals surface area contributed by atoms with Crippen LogP contribution in [0.4, 0.5) is 5.69 Å². The first-order chi connectivity index (χ1) is 8.90. The van der Waals surface area contributed by atoms with Crippen LogP contribution in [0, 0.1) is 0 Å². The maximum atomic E-state index is 12.1. The average Bonchev–Trinajstić information content (AvgIpc) is 2.73. The van der Waals surface area contributed by atoms with Crippen molar-refractivity contribution in [3.8, 4) is 0 Å². The molecule has 2 rings (SSSR count). The maximum absolute atomic E-state index is 12.1. The van der Waals surface area contributed by atoms with Gasteiger partial charge in [-0.05, 0) is 18.2 Å². The van der Waals surface area contributed by atoms with Crippen LogP contribution in [-0.2, 0) is 17.1 Å². The summed E-state index contributed by atoms with van der Waals surface area (Å²) in [5.74, 6) is -1.18. The van der Waals surface area contributed by atoms with Gasteiger partial charge < -0.3 is 9.67 Å². The summed E-state index contributed by atoms with van der Waals surface area (Å²) in [6, 6.07) is 9.50. The van der Waals surface area contributed by atoms with E-state index in [2.05, 4.69) is 4.72 Å². The van der Waals surface area contributed by atoms with Gasteiger partial charge in [-0.15, -0.1) is 0 Å². The summed E-state index contributed by atoms with van der Waals surface area (Å²) >= 11 is 0. The predicted molar refractivity (Wildman–Crippen MR) is 69.6 cm³/mol. The van der Waals surface area contributed by atoms with Crippen molar-refractivity contribution in [2.75, 3.05) is 4.72 Å². The third-order valence-electron chi connectivity index (χ3n) is 2.54. The average molecular weight is 280 g/mol. The maximum Gasteiger partial charge on any atom is 0.352 e. The van der Waals surface area contributed by atoms with Crippen molar-refractivity contribution in [3.63, 3.8) is 0 Å². The molecule has 0 spiro atoms. The summed E-state index contributed by atoms with van der Waals surface area (Å²) < 4.78 is 27.8. The molecule has 0 aliphatic heterocycles. The van der Waals surface area contributed by atoms with Crippen LogP contribution >= 0.6 is 0 Å². The van der Waals surface area contributed by atoms with Gasteiger partial charge in [-0.2, -0.15) is 0 Å². The molecule has 0 aliphatic rings. The highest BCUT2D eigenvalue weighted by molar-refractivity contribution is 7.92. The molecule has 0 fully saturated rings. The number of sulfonamides is 1. The second-order valence-electron chi connectivity index (χ2n) is 3.95. The third-order valence-corrected chi connectivity index (χ3v) is 3.88. The Morgan fingerprint density at radius 3 is 2.42 bits per heavy atom. The van der Waals surface area contributed by atoms with Crippen LogP contribution in [0.3, 0.4) is 0 Å². The Labute approximate surface area is 110 Å². The molecule has 0 amide bonds. The molecule has 0 bridgehead atoms. The molecule has 1 aromatic heterocycles. The minimum Gasteiger partial charge on any atom is -0.477 e. The number of para-hydroxylation sites is 1. The zero-order valence-corrected chi connectivity index (χ0v) is 10.9. The zero-order chi connectivity index (χ0) is 14.0. The van der Waals surface area contributed by atoms with Crippen molar-refractivity contribution < 1.29 is 18.3 Å². The Morgan fingerprint density at radius 2 is 1.89 bits per heavy atom. The first-order valence-corrected chi connectivity index (χ1v) is 6.86. The van der Waals surface area contributed by atoms with E-state index in [0.717, 1.165) is 6.07 Å². The van der Waals surface area contributed by atoms with E-state index in [4.69, 9.17) is 5.11 Å². The summed E-state index contributed by atoms with van der Waals surface area (Å²) in [7, 11) is -2.31. The third kappa shape index (κ3) is 2.76. The first-order valence-electron chi connectivity index (χ1n) is 5.38. The Morgan fingerprint density at radius 1 is 1.26 bits per heavy atom. The van der Waals surface area contributed by atoms with E-state index >= 15 is 0 Å². The summed E-state index contributed by atoms with van der Waals surface area (Å²) in [4.78, 5) is 10.8. The quantitative estimate of drug-likeness (QED) is 0.888. The molecule has 1 heterocycles. The molecule has 0 aliphatic carbocycles. The van der Waals surface area contributed by atoms with Gasteiger partial charge in [0.15, 0.2) is 0 Å². The Balaban J connectivity index is 2.35. The zero-order valence-electron chi connectivity index (χ0n) is 10.1. The van der Waals surface area contributed by atoms with Gasteiger partial charge >= 0.3 is 5.97 Å². The summed E-state index contributed by atoms with van der Waals surface area (Å²) in [5, 5.41) is 8.90. The van der Waals surface area contributed by atoms with E-state index < -0.39 is 16.0 Å². The fourth-order valence-electron chi connectivity index (χ4n) is 1.61. The first kappa shape index (κ1) is 13.2. The Hall–Kier alpha value is -2.28. The molecule has 0 atom stereocenters. The number of anilines is 1. The monoisotopic (exact) mass is 280 g/mol. The van der Waals surface area contributed by atoms with Gasteiger partial charge in [0.1, 0.15) is 10.6 Å². The topological polar surface area (TPSA) is 88.4 Å². The van der Waals surface area contributed by atoms with Gasteiger partial charge in [-0.25, -0.2) is 13.2 Å². The van der Waals surface area contributed by atoms with E-state index in [0.29, 0.717) is 5.69 Å². The highest BCUT2D eigenvalue weighted by atomic mass is 32.2. The lowest BCUT2D eigenvalue weighted by Gasteiger charge is -2.05. The minimum atomic E-state index is -3.78. The van der Waals surface area contributed by atoms with Gasteiger partial charge in [0.2, 0.25) is 0 Å². The molecule has 0 saturated heterocycles. The van der Waals surface area contributed by atoms with Crippen molar-refractivity contribution in [3.05, 3.63) is 48.3 Å². The number of carbonyl (C=O) groups is 1. The second kappa shape index (κ2) is 4.77. The van der Waals surface area contributed by atoms with Crippen LogP contribution < -0.4 is 4.72 Å². The molecule has 19 heavy (non-hydrogen) atoms. The lowest BCUT2D eigenvalue weighted by molar-refractivity contribution is 0.0686. The Bertz CT molecular complexity index is 705. The van der Waals surface area contributed by atoms with Crippen LogP contribution in [-0.4, -0.2) is 24.1 Å². The van der Waals surface area contributed by atoms with Crippen molar-refractivity contribution in [1.82, 2.24) is 4.57 Å². The number of benzene rings is 1. The van der Waals surface area contributed by atoms with E-state index in [1.54, 1.807) is 30.3 Å². The van der Waals surface area contributed by atoms with E-state index in [-0.39, 0.29) is 10.6 Å². The number of nitrogens with one attached hydrogen (secondary N) is 1. The van der Waals surface area contributed by atoms with Gasteiger partial charge in [-0.3, -0.25) is 4.72 Å². The molecule has 0 radical (unpaired) electrons. The molecular formula is C12H12N2O4S. The molecule has 0 unspecified atom stereocenters. The standard InChI is InChI=1S/C12H12N2O4S/c1-14-8-10(7-11(14)12(15)16)19(17,18)13-9-5-3-2-4-6-9/h2-8,13H,1H3,(H,15,16). The van der Waals surface area contributed by atoms with Gasteiger partial charge in [0.05, 0.1) is 0 Å². The van der Waals surface area contributed by atoms with Crippen molar-refractivity contribution in [2.45, 2.75) is 4.90 Å². The number of aromatic carboxylic acids is 1. The molecule has 2 aromatic rings. The van der Waals surface area contributed by atoms with Crippen LogP contribution in [0.5, 0.6) is 0 Å².